The first-order chi connectivity index (χ1) is 9.75. The highest BCUT2D eigenvalue weighted by molar-refractivity contribution is 5.36. The van der Waals surface area contributed by atoms with Crippen molar-refractivity contribution in [2.24, 2.45) is 35.5 Å². The summed E-state index contributed by atoms with van der Waals surface area (Å²) < 4.78 is 6.15. The minimum absolute atomic E-state index is 0.139. The van der Waals surface area contributed by atoms with Crippen molar-refractivity contribution >= 4 is 5.69 Å². The monoisotopic (exact) mass is 269 g/mol. The molecule has 1 aromatic rings. The van der Waals surface area contributed by atoms with E-state index < -0.39 is 0 Å². The molecule has 7 atom stereocenters. The molecular formula is C16H15NO3. The third kappa shape index (κ3) is 1.21. The molecule has 0 unspecified atom stereocenters. The van der Waals surface area contributed by atoms with Gasteiger partial charge in [-0.2, -0.15) is 0 Å². The molecule has 0 radical (unpaired) electrons. The average Bonchev–Trinajstić information content (AvgIpc) is 2.86. The maximum absolute atomic E-state index is 10.6. The second kappa shape index (κ2) is 3.50. The Kier molecular flexibility index (Phi) is 1.93. The molecule has 0 aromatic heterocycles. The molecule has 3 saturated carbocycles. The molecule has 20 heavy (non-hydrogen) atoms. The summed E-state index contributed by atoms with van der Waals surface area (Å²) in [4.78, 5) is 10.3. The third-order valence-electron chi connectivity index (χ3n) is 5.87. The second-order valence-electron chi connectivity index (χ2n) is 6.55. The molecule has 0 aliphatic heterocycles. The Bertz CT molecular complexity index is 623. The number of hydrogen-bond donors (Lipinski definition) is 0. The van der Waals surface area contributed by atoms with Gasteiger partial charge in [0.25, 0.3) is 5.69 Å². The van der Waals surface area contributed by atoms with Crippen molar-refractivity contribution in [2.75, 3.05) is 0 Å². The molecule has 4 aliphatic rings. The minimum atomic E-state index is -0.368. The van der Waals surface area contributed by atoms with Crippen LogP contribution in [-0.2, 0) is 11.3 Å². The SMILES string of the molecule is O=[N+]([O-])c1ccc(CO[C@@H]2[C@H]3C=C[C@H]4[C@H]3[C@H]3[C@@H]4[C@H]23)cc1. The number of non-ortho nitro benzene ring substituents is 1. The van der Waals surface area contributed by atoms with Crippen LogP contribution in [0.1, 0.15) is 5.56 Å². The van der Waals surface area contributed by atoms with Crippen LogP contribution >= 0.6 is 0 Å². The van der Waals surface area contributed by atoms with Gasteiger partial charge in [-0.25, -0.2) is 0 Å². The fourth-order valence-electron chi connectivity index (χ4n) is 5.09. The van der Waals surface area contributed by atoms with Gasteiger partial charge in [0.05, 0.1) is 17.6 Å². The van der Waals surface area contributed by atoms with E-state index in [1.54, 1.807) is 24.3 Å². The topological polar surface area (TPSA) is 52.4 Å². The number of ether oxygens (including phenoxy) is 1. The van der Waals surface area contributed by atoms with Gasteiger partial charge >= 0.3 is 0 Å². The minimum Gasteiger partial charge on any atom is -0.373 e. The van der Waals surface area contributed by atoms with E-state index in [9.17, 15) is 10.1 Å². The second-order valence-corrected chi connectivity index (χ2v) is 6.55. The highest BCUT2D eigenvalue weighted by atomic mass is 16.6. The van der Waals surface area contributed by atoms with Crippen molar-refractivity contribution in [3.05, 3.63) is 52.1 Å². The van der Waals surface area contributed by atoms with Crippen molar-refractivity contribution < 1.29 is 9.66 Å². The lowest BCUT2D eigenvalue weighted by atomic mass is 9.70. The quantitative estimate of drug-likeness (QED) is 0.480. The summed E-state index contributed by atoms with van der Waals surface area (Å²) >= 11 is 0. The molecule has 0 saturated heterocycles. The lowest BCUT2D eigenvalue weighted by Crippen LogP contribution is -2.36. The van der Waals surface area contributed by atoms with Crippen molar-refractivity contribution in [3.8, 4) is 0 Å². The summed E-state index contributed by atoms with van der Waals surface area (Å²) in [6, 6.07) is 6.70. The highest BCUT2D eigenvalue weighted by Gasteiger charge is 2.79. The Morgan fingerprint density at radius 3 is 2.50 bits per heavy atom. The summed E-state index contributed by atoms with van der Waals surface area (Å²) in [5, 5.41) is 10.6. The largest absolute Gasteiger partial charge is 0.373 e. The normalized spacial score (nSPS) is 45.1. The van der Waals surface area contributed by atoms with E-state index in [1.807, 2.05) is 0 Å². The highest BCUT2D eigenvalue weighted by Crippen LogP contribution is 2.80. The Hall–Kier alpha value is -1.68. The van der Waals surface area contributed by atoms with E-state index in [0.29, 0.717) is 18.6 Å². The Balaban J connectivity index is 1.28. The molecule has 1 aromatic carbocycles. The van der Waals surface area contributed by atoms with Crippen LogP contribution in [0.4, 0.5) is 5.69 Å². The summed E-state index contributed by atoms with van der Waals surface area (Å²) in [5.74, 6) is 5.04. The molecule has 5 rings (SSSR count). The Morgan fingerprint density at radius 1 is 1.00 bits per heavy atom. The zero-order chi connectivity index (χ0) is 13.4. The smallest absolute Gasteiger partial charge is 0.269 e. The van der Waals surface area contributed by atoms with Crippen molar-refractivity contribution in [2.45, 2.75) is 12.7 Å². The van der Waals surface area contributed by atoms with E-state index in [1.165, 1.54) is 0 Å². The van der Waals surface area contributed by atoms with Crippen molar-refractivity contribution in [3.63, 3.8) is 0 Å². The van der Waals surface area contributed by atoms with E-state index >= 15 is 0 Å². The summed E-state index contributed by atoms with van der Waals surface area (Å²) in [6.45, 7) is 0.570. The first kappa shape index (κ1) is 11.0. The molecule has 0 N–H and O–H groups in total. The van der Waals surface area contributed by atoms with Crippen LogP contribution in [-0.4, -0.2) is 11.0 Å². The third-order valence-corrected chi connectivity index (χ3v) is 5.87. The van der Waals surface area contributed by atoms with E-state index in [-0.39, 0.29) is 10.6 Å². The van der Waals surface area contributed by atoms with Crippen LogP contribution in [0.3, 0.4) is 0 Å². The van der Waals surface area contributed by atoms with E-state index in [0.717, 1.165) is 35.2 Å². The van der Waals surface area contributed by atoms with Crippen LogP contribution < -0.4 is 0 Å². The summed E-state index contributed by atoms with van der Waals surface area (Å²) in [7, 11) is 0. The van der Waals surface area contributed by atoms with Gasteiger partial charge in [-0.3, -0.25) is 10.1 Å². The van der Waals surface area contributed by atoms with Gasteiger partial charge in [-0.05, 0) is 47.3 Å². The fourth-order valence-corrected chi connectivity index (χ4v) is 5.09. The van der Waals surface area contributed by atoms with Gasteiger partial charge in [0.2, 0.25) is 0 Å². The maximum Gasteiger partial charge on any atom is 0.269 e. The van der Waals surface area contributed by atoms with Crippen molar-refractivity contribution in [1.29, 1.82) is 0 Å². The van der Waals surface area contributed by atoms with Crippen molar-refractivity contribution in [1.82, 2.24) is 0 Å². The first-order valence-corrected chi connectivity index (χ1v) is 7.29. The van der Waals surface area contributed by atoms with Crippen LogP contribution in [0.5, 0.6) is 0 Å². The van der Waals surface area contributed by atoms with Gasteiger partial charge in [0.15, 0.2) is 0 Å². The van der Waals surface area contributed by atoms with E-state index in [4.69, 9.17) is 4.74 Å². The Labute approximate surface area is 116 Å². The van der Waals surface area contributed by atoms with Gasteiger partial charge in [-0.15, -0.1) is 0 Å². The number of fused-ring (bicyclic) bond motifs is 2. The maximum atomic E-state index is 10.6. The molecule has 4 aliphatic carbocycles. The fraction of sp³-hybridized carbons (Fsp3) is 0.500. The molecule has 0 spiro atoms. The molecule has 3 fully saturated rings. The van der Waals surface area contributed by atoms with Gasteiger partial charge in [-0.1, -0.05) is 12.2 Å². The van der Waals surface area contributed by atoms with Gasteiger partial charge < -0.3 is 4.74 Å². The van der Waals surface area contributed by atoms with Crippen LogP contribution in [0.2, 0.25) is 0 Å². The lowest BCUT2D eigenvalue weighted by Gasteiger charge is -2.36. The predicted octanol–water partition coefficient (Wildman–Crippen LogP) is 2.79. The number of nitro benzene ring substituents is 1. The number of benzene rings is 1. The van der Waals surface area contributed by atoms with Gasteiger partial charge in [0, 0.05) is 18.1 Å². The number of hydrogen-bond acceptors (Lipinski definition) is 3. The molecule has 0 amide bonds. The molecular weight excluding hydrogens is 254 g/mol. The van der Waals surface area contributed by atoms with E-state index in [2.05, 4.69) is 12.2 Å². The average molecular weight is 269 g/mol. The van der Waals surface area contributed by atoms with Gasteiger partial charge in [0.1, 0.15) is 0 Å². The number of rotatable bonds is 4. The summed E-state index contributed by atoms with van der Waals surface area (Å²) in [6.07, 6.45) is 5.17. The zero-order valence-electron chi connectivity index (χ0n) is 10.9. The predicted molar refractivity (Wildman–Crippen MR) is 71.8 cm³/mol. The molecule has 0 heterocycles. The zero-order valence-corrected chi connectivity index (χ0v) is 10.9. The lowest BCUT2D eigenvalue weighted by molar-refractivity contribution is -0.384. The molecule has 4 heteroatoms. The molecule has 0 bridgehead atoms. The van der Waals surface area contributed by atoms with Crippen LogP contribution in [0.15, 0.2) is 36.4 Å². The summed E-state index contributed by atoms with van der Waals surface area (Å²) in [5.41, 5.74) is 1.16. The van der Waals surface area contributed by atoms with Crippen LogP contribution in [0.25, 0.3) is 0 Å². The first-order valence-electron chi connectivity index (χ1n) is 7.29. The Morgan fingerprint density at radius 2 is 1.75 bits per heavy atom. The molecule has 102 valence electrons. The number of nitro groups is 1. The molecule has 4 nitrogen and oxygen atoms in total. The van der Waals surface area contributed by atoms with Crippen LogP contribution in [0, 0.1) is 45.6 Å². The standard InChI is InChI=1S/C16H15NO3/c18-17(19)9-3-1-8(2-4-9)7-20-16-11-6-5-10-12(11)14-13(10)15(14)16/h1-6,10-16H,7H2/t10-,11-,12+,13+,14-,15-,16+/m0/s1. The number of allylic oxidation sites excluding steroid dienone is 1. The number of nitrogens with zero attached hydrogens (tertiary/aromatic N) is 1.